The minimum Gasteiger partial charge on any atom is -0.478 e. The molecule has 0 spiro atoms. The van der Waals surface area contributed by atoms with Gasteiger partial charge in [0.25, 0.3) is 0 Å². The van der Waals surface area contributed by atoms with E-state index in [2.05, 4.69) is 47.6 Å². The first-order chi connectivity index (χ1) is 15.3. The van der Waals surface area contributed by atoms with Crippen LogP contribution in [-0.4, -0.2) is 22.3 Å². The highest BCUT2D eigenvalue weighted by Gasteiger charge is 2.65. The molecule has 0 amide bonds. The fraction of sp³-hybridized carbons (Fsp3) is 0.833. The molecule has 186 valence electrons. The molecular weight excluding hydrogens is 408 g/mol. The monoisotopic (exact) mass is 456 g/mol. The van der Waals surface area contributed by atoms with E-state index in [9.17, 15) is 9.90 Å². The molecule has 0 aromatic heterocycles. The van der Waals surface area contributed by atoms with E-state index >= 15 is 0 Å². The van der Waals surface area contributed by atoms with Crippen LogP contribution in [0.15, 0.2) is 23.3 Å². The van der Waals surface area contributed by atoms with E-state index in [0.717, 1.165) is 32.1 Å². The molecule has 3 fully saturated rings. The summed E-state index contributed by atoms with van der Waals surface area (Å²) in [6.45, 7) is 16.5. The van der Waals surface area contributed by atoms with Crippen LogP contribution in [0.5, 0.6) is 0 Å². The third-order valence-electron chi connectivity index (χ3n) is 12.0. The van der Waals surface area contributed by atoms with Crippen molar-refractivity contribution < 1.29 is 15.0 Å². The molecule has 4 rings (SSSR count). The van der Waals surface area contributed by atoms with Crippen molar-refractivity contribution in [3.8, 4) is 0 Å². The molecule has 3 unspecified atom stereocenters. The number of aliphatic hydroxyl groups excluding tert-OH is 1. The van der Waals surface area contributed by atoms with Crippen LogP contribution >= 0.6 is 0 Å². The number of rotatable bonds is 5. The summed E-state index contributed by atoms with van der Waals surface area (Å²) in [5, 5.41) is 20.0. The first-order valence-corrected chi connectivity index (χ1v) is 13.6. The maximum Gasteiger partial charge on any atom is 0.330 e. The molecule has 4 aliphatic carbocycles. The molecule has 0 radical (unpaired) electrons. The zero-order chi connectivity index (χ0) is 24.4. The van der Waals surface area contributed by atoms with Crippen LogP contribution in [0.25, 0.3) is 0 Å². The van der Waals surface area contributed by atoms with Crippen molar-refractivity contribution in [1.82, 2.24) is 0 Å². The van der Waals surface area contributed by atoms with Crippen LogP contribution in [0.2, 0.25) is 0 Å². The fourth-order valence-electron chi connectivity index (χ4n) is 9.50. The van der Waals surface area contributed by atoms with E-state index in [4.69, 9.17) is 5.11 Å². The highest BCUT2D eigenvalue weighted by molar-refractivity contribution is 5.85. The summed E-state index contributed by atoms with van der Waals surface area (Å²) in [7, 11) is 0. The summed E-state index contributed by atoms with van der Waals surface area (Å²) in [6.07, 6.45) is 14.7. The first-order valence-electron chi connectivity index (χ1n) is 13.6. The van der Waals surface area contributed by atoms with E-state index in [-0.39, 0.29) is 16.9 Å². The zero-order valence-corrected chi connectivity index (χ0v) is 22.2. The van der Waals surface area contributed by atoms with Gasteiger partial charge in [-0.05, 0) is 110 Å². The van der Waals surface area contributed by atoms with Crippen LogP contribution in [-0.2, 0) is 4.79 Å². The number of carbonyl (C=O) groups is 1. The molecule has 0 aromatic rings. The number of allylic oxidation sites excluding steroid dienone is 3. The van der Waals surface area contributed by atoms with Crippen molar-refractivity contribution in [3.63, 3.8) is 0 Å². The van der Waals surface area contributed by atoms with Crippen LogP contribution in [0, 0.1) is 45.3 Å². The minimum absolute atomic E-state index is 0.00892. The second-order valence-electron chi connectivity index (χ2n) is 13.6. The zero-order valence-electron chi connectivity index (χ0n) is 22.2. The van der Waals surface area contributed by atoms with Crippen LogP contribution in [0.3, 0.4) is 0 Å². The standard InChI is InChI=1S/C30H48O3/c1-19(9-8-10-20(2)26(32)33)21-13-17-30(7)23-11-12-24-27(3,4)25(31)15-16-28(24,5)22(23)14-18-29(21,30)6/h10-11,19,21-22,24-25,31H,8-9,12-18H2,1-7H3,(H,32,33)/b20-10-/t19?,21-,22?,24?,25+,28+,29-,30+/m0/s1. The molecule has 3 heteroatoms. The quantitative estimate of drug-likeness (QED) is 0.335. The van der Waals surface area contributed by atoms with E-state index in [0.29, 0.717) is 40.1 Å². The van der Waals surface area contributed by atoms with Crippen molar-refractivity contribution >= 4 is 5.97 Å². The van der Waals surface area contributed by atoms with Gasteiger partial charge in [0.15, 0.2) is 0 Å². The number of hydrogen-bond acceptors (Lipinski definition) is 2. The van der Waals surface area contributed by atoms with E-state index in [1.807, 2.05) is 6.08 Å². The van der Waals surface area contributed by atoms with Gasteiger partial charge < -0.3 is 10.2 Å². The molecule has 3 saturated carbocycles. The van der Waals surface area contributed by atoms with Crippen molar-refractivity contribution in [2.75, 3.05) is 0 Å². The Bertz CT molecular complexity index is 853. The maximum absolute atomic E-state index is 11.1. The Kier molecular flexibility index (Phi) is 6.25. The molecule has 0 aliphatic heterocycles. The van der Waals surface area contributed by atoms with Crippen LogP contribution in [0.4, 0.5) is 0 Å². The summed E-state index contributed by atoms with van der Waals surface area (Å²) >= 11 is 0. The van der Waals surface area contributed by atoms with E-state index < -0.39 is 5.97 Å². The lowest BCUT2D eigenvalue weighted by atomic mass is 9.41. The van der Waals surface area contributed by atoms with Crippen molar-refractivity contribution in [1.29, 1.82) is 0 Å². The average Bonchev–Trinajstić information content (AvgIpc) is 3.02. The predicted molar refractivity (Wildman–Crippen MR) is 135 cm³/mol. The number of aliphatic hydroxyl groups is 1. The molecule has 0 aromatic carbocycles. The van der Waals surface area contributed by atoms with E-state index in [1.165, 1.54) is 25.7 Å². The molecular formula is C30H48O3. The van der Waals surface area contributed by atoms with Gasteiger partial charge in [-0.2, -0.15) is 0 Å². The smallest absolute Gasteiger partial charge is 0.330 e. The molecule has 4 aliphatic rings. The Balaban J connectivity index is 1.58. The molecule has 0 heterocycles. The number of carboxylic acid groups (broad SMARTS) is 1. The molecule has 2 N–H and O–H groups in total. The van der Waals surface area contributed by atoms with Gasteiger partial charge >= 0.3 is 5.97 Å². The summed E-state index contributed by atoms with van der Waals surface area (Å²) < 4.78 is 0. The molecule has 8 atom stereocenters. The van der Waals surface area contributed by atoms with Crippen LogP contribution in [0.1, 0.15) is 106 Å². The summed E-state index contributed by atoms with van der Waals surface area (Å²) in [5.41, 5.74) is 3.13. The Morgan fingerprint density at radius 3 is 2.48 bits per heavy atom. The van der Waals surface area contributed by atoms with Gasteiger partial charge in [-0.1, -0.05) is 59.3 Å². The Hall–Kier alpha value is -1.09. The lowest BCUT2D eigenvalue weighted by molar-refractivity contribution is -0.132. The molecule has 0 bridgehead atoms. The van der Waals surface area contributed by atoms with Crippen molar-refractivity contribution in [3.05, 3.63) is 23.3 Å². The predicted octanol–water partition coefficient (Wildman–Crippen LogP) is 7.40. The topological polar surface area (TPSA) is 57.5 Å². The lowest BCUT2D eigenvalue weighted by Gasteiger charge is -2.64. The third kappa shape index (κ3) is 3.58. The molecule has 33 heavy (non-hydrogen) atoms. The lowest BCUT2D eigenvalue weighted by Crippen LogP contribution is -2.58. The fourth-order valence-corrected chi connectivity index (χ4v) is 9.50. The average molecular weight is 457 g/mol. The number of hydrogen-bond donors (Lipinski definition) is 2. The van der Waals surface area contributed by atoms with Gasteiger partial charge in [-0.15, -0.1) is 0 Å². The minimum atomic E-state index is -0.796. The second kappa shape index (κ2) is 8.25. The number of fused-ring (bicyclic) bond motifs is 5. The van der Waals surface area contributed by atoms with Crippen molar-refractivity contribution in [2.45, 2.75) is 112 Å². The Labute approximate surface area is 202 Å². The Morgan fingerprint density at radius 2 is 1.82 bits per heavy atom. The summed E-state index contributed by atoms with van der Waals surface area (Å²) in [5.74, 6) is 1.75. The van der Waals surface area contributed by atoms with Gasteiger partial charge in [0.2, 0.25) is 0 Å². The van der Waals surface area contributed by atoms with Gasteiger partial charge in [-0.25, -0.2) is 4.79 Å². The SMILES string of the molecule is C/C(=C/CCC(C)[C@@H]1CC[C@]2(C)C3=CCC4C(C)(C)[C@H](O)CC[C@]4(C)C3CC[C@@]12C)C(=O)O. The van der Waals surface area contributed by atoms with E-state index in [1.54, 1.807) is 12.5 Å². The Morgan fingerprint density at radius 1 is 1.12 bits per heavy atom. The number of carboxylic acids is 1. The highest BCUT2D eigenvalue weighted by atomic mass is 16.4. The largest absolute Gasteiger partial charge is 0.478 e. The van der Waals surface area contributed by atoms with Crippen molar-refractivity contribution in [2.24, 2.45) is 45.3 Å². The summed E-state index contributed by atoms with van der Waals surface area (Å²) in [6, 6.07) is 0. The van der Waals surface area contributed by atoms with Gasteiger partial charge in [-0.3, -0.25) is 0 Å². The molecule has 0 saturated heterocycles. The van der Waals surface area contributed by atoms with Gasteiger partial charge in [0.1, 0.15) is 0 Å². The number of aliphatic carboxylic acids is 1. The normalized spacial score (nSPS) is 45.5. The third-order valence-corrected chi connectivity index (χ3v) is 12.0. The summed E-state index contributed by atoms with van der Waals surface area (Å²) in [4.78, 5) is 11.1. The van der Waals surface area contributed by atoms with Gasteiger partial charge in [0, 0.05) is 5.57 Å². The first kappa shape index (κ1) is 25.0. The highest BCUT2D eigenvalue weighted by Crippen LogP contribution is 2.73. The molecule has 3 nitrogen and oxygen atoms in total. The maximum atomic E-state index is 11.1. The second-order valence-corrected chi connectivity index (χ2v) is 13.6. The van der Waals surface area contributed by atoms with Crippen LogP contribution < -0.4 is 0 Å². The van der Waals surface area contributed by atoms with Gasteiger partial charge in [0.05, 0.1) is 6.10 Å².